The fourth-order valence-electron chi connectivity index (χ4n) is 10.7. The second-order valence-electron chi connectivity index (χ2n) is 18.3. The summed E-state index contributed by atoms with van der Waals surface area (Å²) in [5, 5.41) is 11.0. The van der Waals surface area contributed by atoms with Gasteiger partial charge in [0.2, 0.25) is 0 Å². The fraction of sp³-hybridized carbons (Fsp3) is 0.886. The van der Waals surface area contributed by atoms with Crippen molar-refractivity contribution in [3.05, 3.63) is 18.6 Å². The number of aliphatic hydroxyl groups is 1. The van der Waals surface area contributed by atoms with Gasteiger partial charge in [-0.3, -0.25) is 9.59 Å². The van der Waals surface area contributed by atoms with E-state index < -0.39 is 22.8 Å². The van der Waals surface area contributed by atoms with Gasteiger partial charge >= 0.3 is 0 Å². The normalized spacial score (nSPS) is 44.4. The monoisotopic (exact) mass is 818 g/mol. The van der Waals surface area contributed by atoms with Gasteiger partial charge in [-0.25, -0.2) is 6.08 Å². The van der Waals surface area contributed by atoms with Gasteiger partial charge in [0.05, 0.1) is 41.7 Å². The molecule has 0 aromatic heterocycles. The summed E-state index contributed by atoms with van der Waals surface area (Å²) in [6, 6.07) is 0. The fourth-order valence-corrected chi connectivity index (χ4v) is 10.7. The second kappa shape index (κ2) is 17.8. The van der Waals surface area contributed by atoms with Crippen LogP contribution in [-0.4, -0.2) is 70.0 Å². The minimum absolute atomic E-state index is 0. The third-order valence-corrected chi connectivity index (χ3v) is 14.9. The van der Waals surface area contributed by atoms with E-state index in [-0.39, 0.29) is 116 Å². The van der Waals surface area contributed by atoms with E-state index in [1.165, 1.54) is 0 Å². The average Bonchev–Trinajstić information content (AvgIpc) is 3.43. The third-order valence-electron chi connectivity index (χ3n) is 14.9. The molecule has 53 heavy (non-hydrogen) atoms. The summed E-state index contributed by atoms with van der Waals surface area (Å²) in [6.07, 6.45) is 13.2. The topological polar surface area (TPSA) is 101 Å². The molecule has 5 aliphatic heterocycles. The van der Waals surface area contributed by atoms with Crippen LogP contribution in [0.25, 0.3) is 0 Å². The molecular formula is C44H73O8Y-. The summed E-state index contributed by atoms with van der Waals surface area (Å²) >= 11 is 0. The summed E-state index contributed by atoms with van der Waals surface area (Å²) in [5.74, 6) is -1.15. The van der Waals surface area contributed by atoms with Crippen LogP contribution in [0.2, 0.25) is 0 Å². The number of carbonyl (C=O) groups excluding carboxylic acids is 2. The van der Waals surface area contributed by atoms with Crippen molar-refractivity contribution in [2.24, 2.45) is 47.3 Å². The van der Waals surface area contributed by atoms with E-state index in [4.69, 9.17) is 23.7 Å². The molecular weight excluding hydrogens is 745 g/mol. The van der Waals surface area contributed by atoms with Crippen molar-refractivity contribution in [2.75, 3.05) is 0 Å². The van der Waals surface area contributed by atoms with Gasteiger partial charge in [-0.05, 0) is 115 Å². The largest absolute Gasteiger partial charge is 0.387 e. The molecule has 2 spiro atoms. The molecule has 301 valence electrons. The first-order valence-corrected chi connectivity index (χ1v) is 21.1. The Kier molecular flexibility index (Phi) is 15.2. The Bertz CT molecular complexity index is 1290. The van der Waals surface area contributed by atoms with Gasteiger partial charge in [-0.2, -0.15) is 12.5 Å². The summed E-state index contributed by atoms with van der Waals surface area (Å²) in [7, 11) is 0. The molecule has 0 bridgehead atoms. The molecule has 2 unspecified atom stereocenters. The molecule has 5 aliphatic rings. The Morgan fingerprint density at radius 3 is 2.17 bits per heavy atom. The molecule has 8 nitrogen and oxygen atoms in total. The Morgan fingerprint density at radius 1 is 0.887 bits per heavy atom. The predicted molar refractivity (Wildman–Crippen MR) is 203 cm³/mol. The zero-order valence-electron chi connectivity index (χ0n) is 35.2. The van der Waals surface area contributed by atoms with Gasteiger partial charge in [0.15, 0.2) is 0 Å². The number of ether oxygens (including phenoxy) is 5. The summed E-state index contributed by atoms with van der Waals surface area (Å²) in [6.45, 7) is 25.2. The second-order valence-corrected chi connectivity index (χ2v) is 18.3. The van der Waals surface area contributed by atoms with Crippen molar-refractivity contribution in [3.63, 3.8) is 0 Å². The van der Waals surface area contributed by atoms with Gasteiger partial charge in [0.1, 0.15) is 23.1 Å². The average molecular weight is 819 g/mol. The minimum Gasteiger partial charge on any atom is -0.387 e. The van der Waals surface area contributed by atoms with Crippen molar-refractivity contribution in [1.29, 1.82) is 0 Å². The first-order valence-electron chi connectivity index (χ1n) is 21.1. The van der Waals surface area contributed by atoms with Crippen LogP contribution >= 0.6 is 0 Å². The number of hydrogen-bond acceptors (Lipinski definition) is 8. The van der Waals surface area contributed by atoms with Crippen molar-refractivity contribution in [2.45, 2.75) is 201 Å². The predicted octanol–water partition coefficient (Wildman–Crippen LogP) is 8.81. The van der Waals surface area contributed by atoms with E-state index >= 15 is 0 Å². The summed E-state index contributed by atoms with van der Waals surface area (Å²) < 4.78 is 34.3. The smallest absolute Gasteiger partial charge is 0.141 e. The summed E-state index contributed by atoms with van der Waals surface area (Å²) in [4.78, 5) is 27.0. The van der Waals surface area contributed by atoms with Crippen LogP contribution in [0, 0.1) is 53.8 Å². The van der Waals surface area contributed by atoms with Crippen molar-refractivity contribution in [3.8, 4) is 0 Å². The maximum atomic E-state index is 14.6. The standard InChI is InChI=1S/C44H73O8.Y/c1-13-34(32(10)45)36-18-17-26(4)39(49-36)31(9)29(7)30(8)38(46)35(14-2)40-27(5)25-28(6)44(50-40)21-16-20-43(52-44)24-23-41(12,51-43)37-19-22-42(47,15-3)33(11)48-37;/h16,20-21,26-31,33-37,39-40,47H,13-15,17-19,22-25H2,1-12H3;/q-1;/t26-,27-,28+,29+,30-,31-,33-,34?,35-,36+,37+,39?,40-,41-,42+,43+,44-;/m0./s1. The molecule has 0 aromatic carbocycles. The quantitative estimate of drug-likeness (QED) is 0.195. The number of carbonyl (C=O) groups is 2. The zero-order valence-corrected chi connectivity index (χ0v) is 38.0. The molecule has 9 heteroatoms. The molecule has 0 amide bonds. The van der Waals surface area contributed by atoms with E-state index in [0.29, 0.717) is 31.6 Å². The Morgan fingerprint density at radius 2 is 1.57 bits per heavy atom. The van der Waals surface area contributed by atoms with E-state index in [9.17, 15) is 14.7 Å². The minimum atomic E-state index is -1.01. The molecule has 1 N–H and O–H groups in total. The molecule has 1 radical (unpaired) electrons. The van der Waals surface area contributed by atoms with Crippen molar-refractivity contribution in [1.82, 2.24) is 0 Å². The van der Waals surface area contributed by atoms with Gasteiger partial charge in [-0.1, -0.05) is 62.3 Å². The molecule has 5 rings (SSSR count). The SMILES string of the molecule is CCC(C(C)=O)[C@H]1CC[C@H](C)C([C@@H](C)[C@H](C)[C@H](C)C(=O)[C@H](CC)[C@H]2O[C@]3(C=C[CH-][C@]4(CC[C@@](C)([C@H]5CC[C@](O)(CC)[C@H](C)O5)O4)O3)[C@H](C)C[C@@H]2C)O1.[Y]. The van der Waals surface area contributed by atoms with Crippen molar-refractivity contribution < 1.29 is 71.1 Å². The van der Waals surface area contributed by atoms with Crippen LogP contribution in [0.5, 0.6) is 0 Å². The number of ketones is 2. The molecule has 0 aromatic rings. The number of rotatable bonds is 12. The van der Waals surface area contributed by atoms with E-state index in [2.05, 4.69) is 62.3 Å². The zero-order chi connectivity index (χ0) is 38.4. The molecule has 4 fully saturated rings. The van der Waals surface area contributed by atoms with Crippen LogP contribution < -0.4 is 0 Å². The van der Waals surface area contributed by atoms with Crippen LogP contribution in [0.1, 0.15) is 147 Å². The molecule has 5 heterocycles. The molecule has 17 atom stereocenters. The first-order chi connectivity index (χ1) is 24.4. The maximum Gasteiger partial charge on any atom is 0.141 e. The van der Waals surface area contributed by atoms with Gasteiger partial charge < -0.3 is 28.8 Å². The van der Waals surface area contributed by atoms with Gasteiger partial charge in [0.25, 0.3) is 0 Å². The van der Waals surface area contributed by atoms with Crippen LogP contribution in [0.15, 0.2) is 12.2 Å². The Labute approximate surface area is 347 Å². The number of Topliss-reactive ketones (excluding diaryl/α,β-unsaturated/α-hetero) is 2. The summed E-state index contributed by atoms with van der Waals surface area (Å²) in [5.41, 5.74) is -1.37. The van der Waals surface area contributed by atoms with E-state index in [1.807, 2.05) is 32.4 Å². The number of hydrogen-bond donors (Lipinski definition) is 1. The van der Waals surface area contributed by atoms with E-state index in [1.54, 1.807) is 6.92 Å². The molecule has 0 saturated carbocycles. The van der Waals surface area contributed by atoms with Crippen LogP contribution in [-0.2, 0) is 66.0 Å². The first kappa shape index (κ1) is 45.5. The van der Waals surface area contributed by atoms with Crippen LogP contribution in [0.4, 0.5) is 0 Å². The van der Waals surface area contributed by atoms with Crippen molar-refractivity contribution >= 4 is 11.6 Å². The van der Waals surface area contributed by atoms with E-state index in [0.717, 1.165) is 38.5 Å². The molecule has 0 aliphatic carbocycles. The van der Waals surface area contributed by atoms with Gasteiger partial charge in [-0.15, -0.1) is 0 Å². The molecule has 4 saturated heterocycles. The Balaban J connectivity index is 0.00000627. The Hall–Kier alpha value is -0.186. The van der Waals surface area contributed by atoms with Gasteiger partial charge in [0, 0.05) is 50.5 Å². The van der Waals surface area contributed by atoms with Crippen LogP contribution in [0.3, 0.4) is 0 Å². The third kappa shape index (κ3) is 8.96. The maximum absolute atomic E-state index is 14.6.